The van der Waals surface area contributed by atoms with Gasteiger partial charge < -0.3 is 18.9 Å². The zero-order chi connectivity index (χ0) is 25.8. The summed E-state index contributed by atoms with van der Waals surface area (Å²) in [5.74, 6) is 0.613. The van der Waals surface area contributed by atoms with Crippen molar-refractivity contribution in [2.45, 2.75) is 33.6 Å². The minimum atomic E-state index is -0.543. The van der Waals surface area contributed by atoms with E-state index in [4.69, 9.17) is 23.9 Å². The molecule has 0 amide bonds. The van der Waals surface area contributed by atoms with E-state index in [1.54, 1.807) is 70.5 Å². The maximum Gasteiger partial charge on any atom is 0.344 e. The number of carbonyl (C=O) groups excluding carboxylic acids is 2. The van der Waals surface area contributed by atoms with E-state index in [2.05, 4.69) is 0 Å². The first-order valence-electron chi connectivity index (χ1n) is 11.8. The quantitative estimate of drug-likeness (QED) is 0.127. The SMILES string of the molecule is CCCCOC(=O)c1cc(C)c(OC(=O)c2c3cc(OC)ccc3nc3c(OC)cccc23)c(C)c1. The van der Waals surface area contributed by atoms with Crippen LogP contribution in [-0.2, 0) is 4.74 Å². The molecule has 0 spiro atoms. The zero-order valence-corrected chi connectivity index (χ0v) is 21.1. The molecule has 0 radical (unpaired) electrons. The number of hydrogen-bond acceptors (Lipinski definition) is 7. The second-order valence-corrected chi connectivity index (χ2v) is 8.54. The Labute approximate surface area is 209 Å². The molecule has 7 nitrogen and oxygen atoms in total. The van der Waals surface area contributed by atoms with E-state index in [0.717, 1.165) is 12.8 Å². The summed E-state index contributed by atoms with van der Waals surface area (Å²) in [5, 5.41) is 1.21. The van der Waals surface area contributed by atoms with Crippen molar-refractivity contribution in [3.8, 4) is 17.2 Å². The lowest BCUT2D eigenvalue weighted by Gasteiger charge is -2.16. The van der Waals surface area contributed by atoms with Gasteiger partial charge in [-0.1, -0.05) is 25.5 Å². The molecule has 0 saturated heterocycles. The van der Waals surface area contributed by atoms with Gasteiger partial charge in [-0.25, -0.2) is 14.6 Å². The second kappa shape index (κ2) is 10.6. The number of aromatic nitrogens is 1. The topological polar surface area (TPSA) is 84.0 Å². The summed E-state index contributed by atoms with van der Waals surface area (Å²) >= 11 is 0. The second-order valence-electron chi connectivity index (χ2n) is 8.54. The van der Waals surface area contributed by atoms with Crippen LogP contribution in [0.15, 0.2) is 48.5 Å². The number of pyridine rings is 1. The van der Waals surface area contributed by atoms with Crippen LogP contribution in [0.25, 0.3) is 21.8 Å². The molecule has 7 heteroatoms. The summed E-state index contributed by atoms with van der Waals surface area (Å²) in [6.45, 7) is 6.01. The van der Waals surface area contributed by atoms with Gasteiger partial charge in [-0.2, -0.15) is 0 Å². The number of methoxy groups -OCH3 is 2. The molecule has 0 aliphatic heterocycles. The lowest BCUT2D eigenvalue weighted by molar-refractivity contribution is 0.0499. The highest BCUT2D eigenvalue weighted by atomic mass is 16.5. The van der Waals surface area contributed by atoms with Crippen molar-refractivity contribution < 1.29 is 28.5 Å². The van der Waals surface area contributed by atoms with E-state index in [9.17, 15) is 9.59 Å². The van der Waals surface area contributed by atoms with Crippen molar-refractivity contribution in [2.24, 2.45) is 0 Å². The van der Waals surface area contributed by atoms with Gasteiger partial charge in [-0.15, -0.1) is 0 Å². The summed E-state index contributed by atoms with van der Waals surface area (Å²) < 4.78 is 22.2. The van der Waals surface area contributed by atoms with Crippen LogP contribution in [0, 0.1) is 13.8 Å². The number of benzene rings is 3. The van der Waals surface area contributed by atoms with Crippen molar-refractivity contribution >= 4 is 33.7 Å². The van der Waals surface area contributed by atoms with Crippen LogP contribution in [0.1, 0.15) is 51.6 Å². The van der Waals surface area contributed by atoms with Gasteiger partial charge in [-0.3, -0.25) is 0 Å². The zero-order valence-electron chi connectivity index (χ0n) is 21.1. The molecular formula is C29H29NO6. The van der Waals surface area contributed by atoms with Crippen LogP contribution in [0.4, 0.5) is 0 Å². The number of rotatable bonds is 8. The number of unbranched alkanes of at least 4 members (excludes halogenated alkanes) is 1. The van der Waals surface area contributed by atoms with Crippen molar-refractivity contribution in [3.63, 3.8) is 0 Å². The van der Waals surface area contributed by atoms with Crippen LogP contribution >= 0.6 is 0 Å². The molecule has 0 N–H and O–H groups in total. The number of aryl methyl sites for hydroxylation is 2. The fourth-order valence-electron chi connectivity index (χ4n) is 4.19. The van der Waals surface area contributed by atoms with Gasteiger partial charge in [0.05, 0.1) is 37.5 Å². The Morgan fingerprint density at radius 1 is 0.889 bits per heavy atom. The molecule has 4 rings (SSSR count). The predicted molar refractivity (Wildman–Crippen MR) is 138 cm³/mol. The van der Waals surface area contributed by atoms with Gasteiger partial charge in [-0.05, 0) is 67.8 Å². The average Bonchev–Trinajstić information content (AvgIpc) is 2.88. The van der Waals surface area contributed by atoms with Crippen molar-refractivity contribution in [2.75, 3.05) is 20.8 Å². The molecule has 36 heavy (non-hydrogen) atoms. The number of nitrogens with zero attached hydrogens (tertiary/aromatic N) is 1. The summed E-state index contributed by atoms with van der Waals surface area (Å²) in [4.78, 5) is 30.9. The van der Waals surface area contributed by atoms with Crippen molar-refractivity contribution in [3.05, 3.63) is 70.8 Å². The molecule has 1 aromatic heterocycles. The van der Waals surface area contributed by atoms with E-state index >= 15 is 0 Å². The van der Waals surface area contributed by atoms with Gasteiger partial charge in [0.15, 0.2) is 0 Å². The fourth-order valence-corrected chi connectivity index (χ4v) is 4.19. The van der Waals surface area contributed by atoms with Gasteiger partial charge >= 0.3 is 11.9 Å². The third-order valence-electron chi connectivity index (χ3n) is 6.02. The monoisotopic (exact) mass is 487 g/mol. The average molecular weight is 488 g/mol. The summed E-state index contributed by atoms with van der Waals surface area (Å²) in [6.07, 6.45) is 1.75. The molecule has 0 atom stereocenters. The third kappa shape index (κ3) is 4.82. The van der Waals surface area contributed by atoms with E-state index < -0.39 is 11.9 Å². The van der Waals surface area contributed by atoms with Crippen LogP contribution in [0.3, 0.4) is 0 Å². The van der Waals surface area contributed by atoms with E-state index in [-0.39, 0.29) is 0 Å². The Hall–Kier alpha value is -4.13. The first kappa shape index (κ1) is 25.0. The van der Waals surface area contributed by atoms with Gasteiger partial charge in [0.25, 0.3) is 0 Å². The highest BCUT2D eigenvalue weighted by molar-refractivity contribution is 6.16. The highest BCUT2D eigenvalue weighted by Gasteiger charge is 2.22. The molecular weight excluding hydrogens is 458 g/mol. The Balaban J connectivity index is 1.78. The van der Waals surface area contributed by atoms with Crippen LogP contribution in [0.2, 0.25) is 0 Å². The Bertz CT molecular complexity index is 1430. The summed E-state index contributed by atoms with van der Waals surface area (Å²) in [5.41, 5.74) is 3.26. The van der Waals surface area contributed by atoms with Crippen LogP contribution < -0.4 is 14.2 Å². The minimum Gasteiger partial charge on any atom is -0.497 e. The number of carbonyl (C=O) groups is 2. The molecule has 0 unspecified atom stereocenters. The van der Waals surface area contributed by atoms with Crippen LogP contribution in [0.5, 0.6) is 17.2 Å². The lowest BCUT2D eigenvalue weighted by atomic mass is 10.0. The molecule has 0 saturated carbocycles. The molecule has 1 heterocycles. The molecule has 0 aliphatic carbocycles. The minimum absolute atomic E-state index is 0.356. The Morgan fingerprint density at radius 3 is 2.31 bits per heavy atom. The van der Waals surface area contributed by atoms with E-state index in [1.807, 2.05) is 13.0 Å². The molecule has 0 fully saturated rings. The van der Waals surface area contributed by atoms with Gasteiger partial charge in [0, 0.05) is 10.8 Å². The number of esters is 2. The van der Waals surface area contributed by atoms with Gasteiger partial charge in [0.2, 0.25) is 0 Å². The number of para-hydroxylation sites is 1. The first-order chi connectivity index (χ1) is 17.4. The predicted octanol–water partition coefficient (Wildman–Crippen LogP) is 6.20. The molecule has 4 aromatic rings. The normalized spacial score (nSPS) is 10.9. The smallest absolute Gasteiger partial charge is 0.344 e. The Morgan fingerprint density at radius 2 is 1.64 bits per heavy atom. The molecule has 0 bridgehead atoms. The molecule has 0 aliphatic rings. The summed E-state index contributed by atoms with van der Waals surface area (Å²) in [6, 6.07) is 14.1. The first-order valence-corrected chi connectivity index (χ1v) is 11.8. The van der Waals surface area contributed by atoms with Crippen molar-refractivity contribution in [1.82, 2.24) is 4.98 Å². The number of hydrogen-bond donors (Lipinski definition) is 0. The standard InChI is InChI=1S/C29H29NO6/c1-6-7-13-35-28(31)19-14-17(2)27(18(3)15-19)36-29(32)25-21-9-8-10-24(34-5)26(21)30-23-12-11-20(33-4)16-22(23)25/h8-12,14-16H,6-7,13H2,1-5H3. The third-order valence-corrected chi connectivity index (χ3v) is 6.02. The number of ether oxygens (including phenoxy) is 4. The van der Waals surface area contributed by atoms with E-state index in [1.165, 1.54) is 0 Å². The number of fused-ring (bicyclic) bond motifs is 2. The maximum absolute atomic E-state index is 13.7. The fraction of sp³-hybridized carbons (Fsp3) is 0.276. The maximum atomic E-state index is 13.7. The molecule has 3 aromatic carbocycles. The highest BCUT2D eigenvalue weighted by Crippen LogP contribution is 2.35. The lowest BCUT2D eigenvalue weighted by Crippen LogP contribution is -2.13. The van der Waals surface area contributed by atoms with Gasteiger partial charge in [0.1, 0.15) is 22.8 Å². The van der Waals surface area contributed by atoms with Crippen molar-refractivity contribution in [1.29, 1.82) is 0 Å². The van der Waals surface area contributed by atoms with E-state index in [0.29, 0.717) is 67.9 Å². The molecule has 186 valence electrons. The van der Waals surface area contributed by atoms with Crippen LogP contribution in [-0.4, -0.2) is 37.7 Å². The largest absolute Gasteiger partial charge is 0.497 e. The summed E-state index contributed by atoms with van der Waals surface area (Å²) in [7, 11) is 3.13. The Kier molecular flexibility index (Phi) is 7.38.